The highest BCUT2D eigenvalue weighted by Gasteiger charge is 2.26. The Balaban J connectivity index is 2.49. The summed E-state index contributed by atoms with van der Waals surface area (Å²) in [7, 11) is 0. The Hall–Kier alpha value is -0.610. The summed E-state index contributed by atoms with van der Waals surface area (Å²) < 4.78 is 0. The van der Waals surface area contributed by atoms with Gasteiger partial charge in [-0.25, -0.2) is 0 Å². The molecule has 1 saturated heterocycles. The fraction of sp³-hybridized carbons (Fsp3) is 0.917. The van der Waals surface area contributed by atoms with Gasteiger partial charge in [0, 0.05) is 25.2 Å². The van der Waals surface area contributed by atoms with E-state index in [1.807, 2.05) is 37.5 Å². The molecule has 0 radical (unpaired) electrons. The van der Waals surface area contributed by atoms with Crippen molar-refractivity contribution >= 4 is 5.91 Å². The summed E-state index contributed by atoms with van der Waals surface area (Å²) in [6.45, 7) is 10.1. The standard InChI is InChI=1S/C12H24N2O2/c1-9(2)14(10(3)4)12(16)8-13-6-5-11(15)7-13/h9-11,15H,5-8H2,1-4H3. The molecule has 1 atom stereocenters. The van der Waals surface area contributed by atoms with Gasteiger partial charge >= 0.3 is 0 Å². The molecule has 16 heavy (non-hydrogen) atoms. The lowest BCUT2D eigenvalue weighted by molar-refractivity contribution is -0.135. The molecule has 0 aliphatic carbocycles. The summed E-state index contributed by atoms with van der Waals surface area (Å²) in [4.78, 5) is 16.0. The summed E-state index contributed by atoms with van der Waals surface area (Å²) in [5, 5.41) is 9.40. The first kappa shape index (κ1) is 13.5. The fourth-order valence-electron chi connectivity index (χ4n) is 2.40. The second-order valence-electron chi connectivity index (χ2n) is 5.17. The van der Waals surface area contributed by atoms with Crippen molar-refractivity contribution in [1.82, 2.24) is 9.80 Å². The monoisotopic (exact) mass is 228 g/mol. The predicted octanol–water partition coefficient (Wildman–Crippen LogP) is 0.698. The molecule has 1 unspecified atom stereocenters. The van der Waals surface area contributed by atoms with Crippen LogP contribution in [-0.4, -0.2) is 58.6 Å². The van der Waals surface area contributed by atoms with Gasteiger partial charge in [0.1, 0.15) is 0 Å². The lowest BCUT2D eigenvalue weighted by Crippen LogP contribution is -2.46. The first-order valence-corrected chi connectivity index (χ1v) is 6.13. The first-order valence-electron chi connectivity index (χ1n) is 6.13. The third kappa shape index (κ3) is 3.46. The number of nitrogens with zero attached hydrogens (tertiary/aromatic N) is 2. The highest BCUT2D eigenvalue weighted by Crippen LogP contribution is 2.11. The van der Waals surface area contributed by atoms with E-state index in [-0.39, 0.29) is 24.1 Å². The third-order valence-corrected chi connectivity index (χ3v) is 3.01. The Bertz CT molecular complexity index is 233. The molecule has 1 N–H and O–H groups in total. The van der Waals surface area contributed by atoms with E-state index >= 15 is 0 Å². The molecule has 0 spiro atoms. The number of aliphatic hydroxyl groups is 1. The van der Waals surface area contributed by atoms with Gasteiger partial charge < -0.3 is 10.0 Å². The Morgan fingerprint density at radius 3 is 2.31 bits per heavy atom. The number of amides is 1. The van der Waals surface area contributed by atoms with Crippen LogP contribution in [0, 0.1) is 0 Å². The number of aliphatic hydroxyl groups excluding tert-OH is 1. The first-order chi connectivity index (χ1) is 7.41. The maximum absolute atomic E-state index is 12.1. The quantitative estimate of drug-likeness (QED) is 0.770. The number of rotatable bonds is 4. The number of carbonyl (C=O) groups is 1. The van der Waals surface area contributed by atoms with E-state index in [0.717, 1.165) is 13.0 Å². The summed E-state index contributed by atoms with van der Waals surface area (Å²) in [5.74, 6) is 0.166. The van der Waals surface area contributed by atoms with Crippen molar-refractivity contribution in [3.8, 4) is 0 Å². The van der Waals surface area contributed by atoms with Crippen LogP contribution in [0.25, 0.3) is 0 Å². The van der Waals surface area contributed by atoms with Crippen LogP contribution in [0.15, 0.2) is 0 Å². The predicted molar refractivity (Wildman–Crippen MR) is 64.2 cm³/mol. The number of carbonyl (C=O) groups excluding carboxylic acids is 1. The number of hydrogen-bond donors (Lipinski definition) is 1. The largest absolute Gasteiger partial charge is 0.392 e. The van der Waals surface area contributed by atoms with Gasteiger partial charge in [0.2, 0.25) is 5.91 Å². The van der Waals surface area contributed by atoms with Gasteiger partial charge in [-0.3, -0.25) is 9.69 Å². The lowest BCUT2D eigenvalue weighted by atomic mass is 10.2. The molecule has 0 saturated carbocycles. The van der Waals surface area contributed by atoms with Crippen LogP contribution in [-0.2, 0) is 4.79 Å². The topological polar surface area (TPSA) is 43.8 Å². The number of β-amino-alcohol motifs (C(OH)–C–C–N with tert-alkyl or cyclic N) is 1. The molecule has 1 amide bonds. The zero-order chi connectivity index (χ0) is 12.3. The molecule has 4 heteroatoms. The van der Waals surface area contributed by atoms with Gasteiger partial charge in [-0.15, -0.1) is 0 Å². The molecule has 0 aromatic heterocycles. The summed E-state index contributed by atoms with van der Waals surface area (Å²) in [5.41, 5.74) is 0. The number of likely N-dealkylation sites (tertiary alicyclic amines) is 1. The Kier molecular flexibility index (Phi) is 4.74. The smallest absolute Gasteiger partial charge is 0.237 e. The van der Waals surface area contributed by atoms with Crippen LogP contribution in [0.3, 0.4) is 0 Å². The Labute approximate surface area is 98.2 Å². The minimum Gasteiger partial charge on any atom is -0.392 e. The van der Waals surface area contributed by atoms with Crippen molar-refractivity contribution in [2.24, 2.45) is 0 Å². The minimum absolute atomic E-state index is 0.166. The molecule has 1 aliphatic heterocycles. The average molecular weight is 228 g/mol. The van der Waals surface area contributed by atoms with Gasteiger partial charge in [-0.05, 0) is 34.1 Å². The fourth-order valence-corrected chi connectivity index (χ4v) is 2.40. The Morgan fingerprint density at radius 2 is 1.94 bits per heavy atom. The van der Waals surface area contributed by atoms with E-state index in [1.165, 1.54) is 0 Å². The van der Waals surface area contributed by atoms with E-state index in [0.29, 0.717) is 13.1 Å². The van der Waals surface area contributed by atoms with Crippen LogP contribution in [0.4, 0.5) is 0 Å². The summed E-state index contributed by atoms with van der Waals surface area (Å²) in [6.07, 6.45) is 0.538. The van der Waals surface area contributed by atoms with E-state index in [2.05, 4.69) is 0 Å². The van der Waals surface area contributed by atoms with Gasteiger partial charge in [0.25, 0.3) is 0 Å². The van der Waals surface area contributed by atoms with Crippen LogP contribution in [0.2, 0.25) is 0 Å². The van der Waals surface area contributed by atoms with E-state index in [4.69, 9.17) is 0 Å². The maximum Gasteiger partial charge on any atom is 0.237 e. The second-order valence-corrected chi connectivity index (χ2v) is 5.17. The molecule has 0 bridgehead atoms. The van der Waals surface area contributed by atoms with Crippen LogP contribution in [0.5, 0.6) is 0 Å². The zero-order valence-electron chi connectivity index (χ0n) is 10.8. The van der Waals surface area contributed by atoms with Crippen LogP contribution < -0.4 is 0 Å². The molecule has 1 aliphatic rings. The maximum atomic E-state index is 12.1. The van der Waals surface area contributed by atoms with Crippen molar-refractivity contribution in [3.05, 3.63) is 0 Å². The molecule has 1 rings (SSSR count). The summed E-state index contributed by atoms with van der Waals surface area (Å²) >= 11 is 0. The lowest BCUT2D eigenvalue weighted by Gasteiger charge is -2.32. The van der Waals surface area contributed by atoms with Crippen LogP contribution >= 0.6 is 0 Å². The average Bonchev–Trinajstić information content (AvgIpc) is 2.49. The van der Waals surface area contributed by atoms with E-state index < -0.39 is 0 Å². The SMILES string of the molecule is CC(C)N(C(=O)CN1CCC(O)C1)C(C)C. The zero-order valence-corrected chi connectivity index (χ0v) is 10.8. The number of hydrogen-bond acceptors (Lipinski definition) is 3. The van der Waals surface area contributed by atoms with Gasteiger partial charge in [-0.1, -0.05) is 0 Å². The highest BCUT2D eigenvalue weighted by molar-refractivity contribution is 5.78. The Morgan fingerprint density at radius 1 is 1.38 bits per heavy atom. The molecule has 4 nitrogen and oxygen atoms in total. The van der Waals surface area contributed by atoms with Crippen molar-refractivity contribution < 1.29 is 9.90 Å². The van der Waals surface area contributed by atoms with Gasteiger partial charge in [0.15, 0.2) is 0 Å². The van der Waals surface area contributed by atoms with Crippen molar-refractivity contribution in [2.45, 2.75) is 52.3 Å². The van der Waals surface area contributed by atoms with E-state index in [9.17, 15) is 9.90 Å². The molecule has 0 aromatic rings. The summed E-state index contributed by atoms with van der Waals surface area (Å²) in [6, 6.07) is 0.472. The third-order valence-electron chi connectivity index (χ3n) is 3.01. The molecule has 94 valence electrons. The van der Waals surface area contributed by atoms with Gasteiger partial charge in [-0.2, -0.15) is 0 Å². The van der Waals surface area contributed by atoms with Crippen molar-refractivity contribution in [1.29, 1.82) is 0 Å². The molecule has 1 heterocycles. The molecule has 1 fully saturated rings. The highest BCUT2D eigenvalue weighted by atomic mass is 16.3. The van der Waals surface area contributed by atoms with Crippen LogP contribution in [0.1, 0.15) is 34.1 Å². The van der Waals surface area contributed by atoms with Crippen molar-refractivity contribution in [3.63, 3.8) is 0 Å². The molecule has 0 aromatic carbocycles. The normalized spacial score (nSPS) is 22.1. The van der Waals surface area contributed by atoms with E-state index in [1.54, 1.807) is 0 Å². The molecular formula is C12H24N2O2. The molecular weight excluding hydrogens is 204 g/mol. The van der Waals surface area contributed by atoms with Crippen molar-refractivity contribution in [2.75, 3.05) is 19.6 Å². The van der Waals surface area contributed by atoms with Gasteiger partial charge in [0.05, 0.1) is 12.6 Å². The minimum atomic E-state index is -0.251. The second kappa shape index (κ2) is 5.64.